The fourth-order valence-electron chi connectivity index (χ4n) is 3.46. The van der Waals surface area contributed by atoms with Crippen LogP contribution < -0.4 is 5.32 Å². The van der Waals surface area contributed by atoms with E-state index in [2.05, 4.69) is 12.2 Å². The molecule has 1 heterocycles. The highest BCUT2D eigenvalue weighted by Gasteiger charge is 2.37. The maximum Gasteiger partial charge on any atom is 0.336 e. The molecule has 1 aromatic rings. The van der Waals surface area contributed by atoms with Crippen molar-refractivity contribution in [3.8, 4) is 0 Å². The SMILES string of the molecule is CCCCCNC(=O)CN1C(=O)C[C@H](c2ccc(F)cc2)C(C(=O)OCC)=C1C. The van der Waals surface area contributed by atoms with E-state index in [1.807, 2.05) is 0 Å². The number of nitrogens with one attached hydrogen (secondary N) is 1. The molecule has 7 heteroatoms. The van der Waals surface area contributed by atoms with E-state index in [0.717, 1.165) is 19.3 Å². The molecule has 1 aliphatic heterocycles. The van der Waals surface area contributed by atoms with Gasteiger partial charge < -0.3 is 15.0 Å². The number of allylic oxidation sites excluding steroid dienone is 1. The largest absolute Gasteiger partial charge is 0.463 e. The van der Waals surface area contributed by atoms with Crippen molar-refractivity contribution in [3.63, 3.8) is 0 Å². The monoisotopic (exact) mass is 404 g/mol. The van der Waals surface area contributed by atoms with Crippen LogP contribution in [0.25, 0.3) is 0 Å². The lowest BCUT2D eigenvalue weighted by Gasteiger charge is -2.34. The van der Waals surface area contributed by atoms with Gasteiger partial charge >= 0.3 is 5.97 Å². The van der Waals surface area contributed by atoms with Gasteiger partial charge in [0.05, 0.1) is 12.2 Å². The van der Waals surface area contributed by atoms with Gasteiger partial charge in [-0.05, 0) is 38.0 Å². The first-order valence-electron chi connectivity index (χ1n) is 10.1. The van der Waals surface area contributed by atoms with E-state index in [-0.39, 0.29) is 31.4 Å². The quantitative estimate of drug-likeness (QED) is 0.506. The van der Waals surface area contributed by atoms with E-state index in [0.29, 0.717) is 23.4 Å². The van der Waals surface area contributed by atoms with Crippen LogP contribution in [0.4, 0.5) is 4.39 Å². The molecule has 0 spiro atoms. The summed E-state index contributed by atoms with van der Waals surface area (Å²) >= 11 is 0. The Bertz CT molecular complexity index is 774. The normalized spacial score (nSPS) is 16.8. The minimum atomic E-state index is -0.536. The second-order valence-corrected chi connectivity index (χ2v) is 7.06. The van der Waals surface area contributed by atoms with Gasteiger partial charge in [-0.1, -0.05) is 31.9 Å². The Morgan fingerprint density at radius 3 is 2.52 bits per heavy atom. The van der Waals surface area contributed by atoms with E-state index in [9.17, 15) is 18.8 Å². The van der Waals surface area contributed by atoms with E-state index in [4.69, 9.17) is 4.74 Å². The van der Waals surface area contributed by atoms with Crippen molar-refractivity contribution in [3.05, 3.63) is 46.9 Å². The number of amides is 2. The van der Waals surface area contributed by atoms with Crippen LogP contribution in [0.15, 0.2) is 35.5 Å². The number of hydrogen-bond acceptors (Lipinski definition) is 4. The van der Waals surface area contributed by atoms with Crippen LogP contribution in [0.1, 0.15) is 57.9 Å². The van der Waals surface area contributed by atoms with Gasteiger partial charge in [0.2, 0.25) is 11.8 Å². The molecule has 29 heavy (non-hydrogen) atoms. The maximum atomic E-state index is 13.3. The van der Waals surface area contributed by atoms with Crippen molar-refractivity contribution in [1.29, 1.82) is 0 Å². The average molecular weight is 404 g/mol. The topological polar surface area (TPSA) is 75.7 Å². The van der Waals surface area contributed by atoms with E-state index in [1.165, 1.54) is 17.0 Å². The number of hydrogen-bond donors (Lipinski definition) is 1. The lowest BCUT2D eigenvalue weighted by molar-refractivity contribution is -0.141. The summed E-state index contributed by atoms with van der Waals surface area (Å²) in [5.74, 6) is -1.98. The summed E-state index contributed by atoms with van der Waals surface area (Å²) in [5, 5.41) is 2.81. The molecule has 0 aromatic heterocycles. The van der Waals surface area contributed by atoms with Crippen molar-refractivity contribution >= 4 is 17.8 Å². The van der Waals surface area contributed by atoms with Gasteiger partial charge in [0.1, 0.15) is 12.4 Å². The number of carbonyl (C=O) groups excluding carboxylic acids is 3. The molecule has 0 radical (unpaired) electrons. The molecule has 0 saturated heterocycles. The molecule has 1 aromatic carbocycles. The van der Waals surface area contributed by atoms with Gasteiger partial charge in [-0.15, -0.1) is 0 Å². The van der Waals surface area contributed by atoms with Crippen molar-refractivity contribution in [2.75, 3.05) is 19.7 Å². The third-order valence-electron chi connectivity index (χ3n) is 4.99. The number of rotatable bonds is 9. The highest BCUT2D eigenvalue weighted by Crippen LogP contribution is 2.37. The van der Waals surface area contributed by atoms with E-state index < -0.39 is 17.7 Å². The molecule has 0 unspecified atom stereocenters. The third-order valence-corrected chi connectivity index (χ3v) is 4.99. The van der Waals surface area contributed by atoms with Crippen molar-refractivity contribution in [1.82, 2.24) is 10.2 Å². The lowest BCUT2D eigenvalue weighted by atomic mass is 9.83. The number of unbranched alkanes of at least 4 members (excludes halogenated alkanes) is 2. The Kier molecular flexibility index (Phi) is 8.36. The highest BCUT2D eigenvalue weighted by molar-refractivity contribution is 5.97. The van der Waals surface area contributed by atoms with Crippen molar-refractivity contribution in [2.24, 2.45) is 0 Å². The number of nitrogens with zero attached hydrogens (tertiary/aromatic N) is 1. The smallest absolute Gasteiger partial charge is 0.336 e. The standard InChI is InChI=1S/C22H29FN2O4/c1-4-6-7-12-24-19(26)14-25-15(3)21(22(28)29-5-2)18(13-20(25)27)16-8-10-17(23)11-9-16/h8-11,18H,4-7,12-14H2,1-3H3,(H,24,26)/t18-/m1/s1. The van der Waals surface area contributed by atoms with Crippen molar-refractivity contribution in [2.45, 2.75) is 52.4 Å². The summed E-state index contributed by atoms with van der Waals surface area (Å²) in [6, 6.07) is 5.73. The molecule has 1 atom stereocenters. The minimum absolute atomic E-state index is 0.0141. The number of ether oxygens (including phenoxy) is 1. The van der Waals surface area contributed by atoms with E-state index in [1.54, 1.807) is 26.0 Å². The number of carbonyl (C=O) groups is 3. The molecule has 1 aliphatic rings. The molecule has 2 rings (SSSR count). The van der Waals surface area contributed by atoms with Gasteiger partial charge in [0.25, 0.3) is 0 Å². The fraction of sp³-hybridized carbons (Fsp3) is 0.500. The summed E-state index contributed by atoms with van der Waals surface area (Å²) in [6.45, 7) is 6.03. The predicted molar refractivity (Wildman–Crippen MR) is 107 cm³/mol. The van der Waals surface area contributed by atoms with Gasteiger partial charge in [-0.2, -0.15) is 0 Å². The summed E-state index contributed by atoms with van der Waals surface area (Å²) in [5.41, 5.74) is 1.39. The van der Waals surface area contributed by atoms with Crippen LogP contribution in [0.5, 0.6) is 0 Å². The van der Waals surface area contributed by atoms with Gasteiger partial charge in [-0.25, -0.2) is 9.18 Å². The zero-order valence-corrected chi connectivity index (χ0v) is 17.3. The van der Waals surface area contributed by atoms with Crippen LogP contribution in [0.2, 0.25) is 0 Å². The van der Waals surface area contributed by atoms with Crippen LogP contribution in [0.3, 0.4) is 0 Å². The zero-order valence-electron chi connectivity index (χ0n) is 17.3. The van der Waals surface area contributed by atoms with Gasteiger partial charge in [-0.3, -0.25) is 9.59 Å². The van der Waals surface area contributed by atoms with E-state index >= 15 is 0 Å². The molecule has 0 aliphatic carbocycles. The van der Waals surface area contributed by atoms with Gasteiger partial charge in [0, 0.05) is 24.6 Å². The molecule has 0 fully saturated rings. The lowest BCUT2D eigenvalue weighted by Crippen LogP contribution is -2.44. The summed E-state index contributed by atoms with van der Waals surface area (Å²) < 4.78 is 18.5. The molecular weight excluding hydrogens is 375 g/mol. The first-order chi connectivity index (χ1) is 13.9. The Hall–Kier alpha value is -2.70. The average Bonchev–Trinajstić information content (AvgIpc) is 2.69. The first-order valence-corrected chi connectivity index (χ1v) is 10.1. The second kappa shape index (κ2) is 10.7. The predicted octanol–water partition coefficient (Wildman–Crippen LogP) is 3.29. The molecule has 1 N–H and O–H groups in total. The van der Waals surface area contributed by atoms with Crippen LogP contribution in [-0.2, 0) is 19.1 Å². The Morgan fingerprint density at radius 2 is 1.90 bits per heavy atom. The number of esters is 1. The zero-order chi connectivity index (χ0) is 21.4. The molecule has 158 valence electrons. The van der Waals surface area contributed by atoms with Crippen LogP contribution in [0, 0.1) is 5.82 Å². The summed E-state index contributed by atoms with van der Waals surface area (Å²) in [7, 11) is 0. The first kappa shape index (κ1) is 22.6. The molecular formula is C22H29FN2O4. The Morgan fingerprint density at radius 1 is 1.21 bits per heavy atom. The fourth-order valence-corrected chi connectivity index (χ4v) is 3.46. The number of benzene rings is 1. The number of halogens is 1. The maximum absolute atomic E-state index is 13.3. The van der Waals surface area contributed by atoms with Crippen LogP contribution in [-0.4, -0.2) is 42.4 Å². The Balaban J connectivity index is 2.27. The van der Waals surface area contributed by atoms with Crippen LogP contribution >= 0.6 is 0 Å². The summed E-state index contributed by atoms with van der Waals surface area (Å²) in [4.78, 5) is 39.0. The third kappa shape index (κ3) is 5.89. The molecule has 0 bridgehead atoms. The van der Waals surface area contributed by atoms with Crippen molar-refractivity contribution < 1.29 is 23.5 Å². The summed E-state index contributed by atoms with van der Waals surface area (Å²) in [6.07, 6.45) is 2.97. The molecule has 6 nitrogen and oxygen atoms in total. The molecule has 0 saturated carbocycles. The highest BCUT2D eigenvalue weighted by atomic mass is 19.1. The minimum Gasteiger partial charge on any atom is -0.463 e. The molecule has 2 amide bonds. The van der Waals surface area contributed by atoms with Gasteiger partial charge in [0.15, 0.2) is 0 Å². The second-order valence-electron chi connectivity index (χ2n) is 7.06. The Labute approximate surface area is 171 Å².